The van der Waals surface area contributed by atoms with Crippen molar-refractivity contribution in [2.75, 3.05) is 32.8 Å². The first kappa shape index (κ1) is 10.7. The number of hydrogen-bond donors (Lipinski definition) is 3. The van der Waals surface area contributed by atoms with Crippen LogP contribution in [0.3, 0.4) is 0 Å². The summed E-state index contributed by atoms with van der Waals surface area (Å²) in [5.41, 5.74) is 1.29. The Bertz CT molecular complexity index is 255. The first-order valence-corrected chi connectivity index (χ1v) is 5.59. The Balaban J connectivity index is 1.54. The molecule has 0 radical (unpaired) electrons. The number of nitrogens with one attached hydrogen (secondary N) is 3. The van der Waals surface area contributed by atoms with E-state index in [1.54, 1.807) is 0 Å². The van der Waals surface area contributed by atoms with Gasteiger partial charge in [-0.05, 0) is 18.6 Å². The number of aromatic nitrogens is 1. The van der Waals surface area contributed by atoms with E-state index in [1.807, 2.05) is 12.3 Å². The van der Waals surface area contributed by atoms with E-state index in [9.17, 15) is 0 Å². The summed E-state index contributed by atoms with van der Waals surface area (Å²) in [5, 5.41) is 6.85. The third-order valence-corrected chi connectivity index (χ3v) is 2.62. The monoisotopic (exact) mass is 209 g/mol. The Morgan fingerprint density at radius 2 is 2.53 bits per heavy atom. The number of hydrogen-bond acceptors (Lipinski definition) is 3. The van der Waals surface area contributed by atoms with Gasteiger partial charge in [0.25, 0.3) is 0 Å². The van der Waals surface area contributed by atoms with Crippen LogP contribution in [0.5, 0.6) is 0 Å². The standard InChI is InChI=1S/C11H19N3O/c1-2-10(13-4-1)3-5-12-8-11-9-15-7-6-14-11/h1-2,4,11-14H,3,5-9H2. The quantitative estimate of drug-likeness (QED) is 0.604. The zero-order valence-corrected chi connectivity index (χ0v) is 8.96. The summed E-state index contributed by atoms with van der Waals surface area (Å²) >= 11 is 0. The van der Waals surface area contributed by atoms with Crippen molar-refractivity contribution >= 4 is 0 Å². The first-order valence-electron chi connectivity index (χ1n) is 5.59. The van der Waals surface area contributed by atoms with Gasteiger partial charge in [-0.1, -0.05) is 0 Å². The molecular formula is C11H19N3O. The van der Waals surface area contributed by atoms with Crippen molar-refractivity contribution in [3.05, 3.63) is 24.0 Å². The zero-order valence-electron chi connectivity index (χ0n) is 8.96. The maximum absolute atomic E-state index is 5.38. The summed E-state index contributed by atoms with van der Waals surface area (Å²) in [4.78, 5) is 3.20. The maximum atomic E-state index is 5.38. The second kappa shape index (κ2) is 5.90. The third-order valence-electron chi connectivity index (χ3n) is 2.62. The Morgan fingerprint density at radius 3 is 3.27 bits per heavy atom. The molecule has 0 spiro atoms. The molecule has 3 N–H and O–H groups in total. The Kier molecular flexibility index (Phi) is 4.20. The molecule has 1 atom stereocenters. The summed E-state index contributed by atoms with van der Waals surface area (Å²) in [7, 11) is 0. The maximum Gasteiger partial charge on any atom is 0.0632 e. The summed E-state index contributed by atoms with van der Waals surface area (Å²) in [6.45, 7) is 4.65. The second-order valence-electron chi connectivity index (χ2n) is 3.88. The molecule has 0 aromatic carbocycles. The molecule has 1 saturated heterocycles. The molecule has 1 aromatic rings. The van der Waals surface area contributed by atoms with E-state index >= 15 is 0 Å². The number of morpholine rings is 1. The number of H-pyrrole nitrogens is 1. The van der Waals surface area contributed by atoms with E-state index in [0.717, 1.165) is 39.3 Å². The second-order valence-corrected chi connectivity index (χ2v) is 3.88. The average Bonchev–Trinajstić information content (AvgIpc) is 2.79. The molecule has 1 aliphatic rings. The van der Waals surface area contributed by atoms with Crippen LogP contribution < -0.4 is 10.6 Å². The number of aromatic amines is 1. The van der Waals surface area contributed by atoms with Gasteiger partial charge in [-0.2, -0.15) is 0 Å². The topological polar surface area (TPSA) is 49.1 Å². The molecule has 1 unspecified atom stereocenters. The van der Waals surface area contributed by atoms with Crippen LogP contribution in [0.1, 0.15) is 5.69 Å². The smallest absolute Gasteiger partial charge is 0.0632 e. The predicted octanol–water partition coefficient (Wildman–Crippen LogP) is 0.135. The van der Waals surface area contributed by atoms with Gasteiger partial charge in [-0.25, -0.2) is 0 Å². The number of rotatable bonds is 5. The molecule has 0 saturated carbocycles. The highest BCUT2D eigenvalue weighted by atomic mass is 16.5. The van der Waals surface area contributed by atoms with Gasteiger partial charge in [0, 0.05) is 37.6 Å². The lowest BCUT2D eigenvalue weighted by molar-refractivity contribution is 0.0768. The largest absolute Gasteiger partial charge is 0.378 e. The van der Waals surface area contributed by atoms with Gasteiger partial charge in [-0.3, -0.25) is 0 Å². The highest BCUT2D eigenvalue weighted by Crippen LogP contribution is 1.95. The zero-order chi connectivity index (χ0) is 10.3. The predicted molar refractivity (Wildman–Crippen MR) is 60.0 cm³/mol. The van der Waals surface area contributed by atoms with Crippen molar-refractivity contribution in [2.45, 2.75) is 12.5 Å². The molecule has 84 valence electrons. The first-order chi connectivity index (χ1) is 7.45. The molecule has 15 heavy (non-hydrogen) atoms. The lowest BCUT2D eigenvalue weighted by Gasteiger charge is -2.23. The number of ether oxygens (including phenoxy) is 1. The molecule has 2 heterocycles. The minimum absolute atomic E-state index is 0.474. The van der Waals surface area contributed by atoms with E-state index in [4.69, 9.17) is 4.74 Å². The summed E-state index contributed by atoms with van der Waals surface area (Å²) in [6.07, 6.45) is 3.02. The minimum Gasteiger partial charge on any atom is -0.378 e. The van der Waals surface area contributed by atoms with Crippen LogP contribution in [0, 0.1) is 0 Å². The van der Waals surface area contributed by atoms with Gasteiger partial charge in [0.05, 0.1) is 13.2 Å². The molecule has 0 bridgehead atoms. The van der Waals surface area contributed by atoms with Gasteiger partial charge in [0.1, 0.15) is 0 Å². The highest BCUT2D eigenvalue weighted by Gasteiger charge is 2.11. The van der Waals surface area contributed by atoms with Crippen LogP contribution >= 0.6 is 0 Å². The molecule has 0 aliphatic carbocycles. The molecule has 1 aromatic heterocycles. The van der Waals surface area contributed by atoms with Crippen LogP contribution in [0.4, 0.5) is 0 Å². The van der Waals surface area contributed by atoms with Crippen LogP contribution in [0.15, 0.2) is 18.3 Å². The third kappa shape index (κ3) is 3.66. The van der Waals surface area contributed by atoms with Gasteiger partial charge < -0.3 is 20.4 Å². The van der Waals surface area contributed by atoms with Crippen LogP contribution in [0.2, 0.25) is 0 Å². The van der Waals surface area contributed by atoms with E-state index in [2.05, 4.69) is 21.7 Å². The van der Waals surface area contributed by atoms with Crippen molar-refractivity contribution in [2.24, 2.45) is 0 Å². The fourth-order valence-electron chi connectivity index (χ4n) is 1.77. The summed E-state index contributed by atoms with van der Waals surface area (Å²) in [6, 6.07) is 4.62. The van der Waals surface area contributed by atoms with Crippen molar-refractivity contribution in [1.82, 2.24) is 15.6 Å². The Labute approximate surface area is 90.4 Å². The van der Waals surface area contributed by atoms with Crippen LogP contribution in [-0.2, 0) is 11.2 Å². The van der Waals surface area contributed by atoms with E-state index < -0.39 is 0 Å². The lowest BCUT2D eigenvalue weighted by Crippen LogP contribution is -2.47. The van der Waals surface area contributed by atoms with Crippen molar-refractivity contribution in [3.8, 4) is 0 Å². The summed E-state index contributed by atoms with van der Waals surface area (Å²) < 4.78 is 5.38. The molecule has 1 aliphatic heterocycles. The van der Waals surface area contributed by atoms with Crippen LogP contribution in [-0.4, -0.2) is 43.9 Å². The average molecular weight is 209 g/mol. The fourth-order valence-corrected chi connectivity index (χ4v) is 1.77. The SMILES string of the molecule is c1c[nH]c(CCNCC2COCCN2)c1. The molecule has 0 amide bonds. The van der Waals surface area contributed by atoms with E-state index in [0.29, 0.717) is 6.04 Å². The van der Waals surface area contributed by atoms with Crippen molar-refractivity contribution in [1.29, 1.82) is 0 Å². The van der Waals surface area contributed by atoms with Crippen molar-refractivity contribution in [3.63, 3.8) is 0 Å². The molecule has 1 fully saturated rings. The van der Waals surface area contributed by atoms with E-state index in [-0.39, 0.29) is 0 Å². The molecule has 4 nitrogen and oxygen atoms in total. The lowest BCUT2D eigenvalue weighted by atomic mass is 10.2. The van der Waals surface area contributed by atoms with Gasteiger partial charge in [-0.15, -0.1) is 0 Å². The molecule has 2 rings (SSSR count). The summed E-state index contributed by atoms with van der Waals surface area (Å²) in [5.74, 6) is 0. The Morgan fingerprint density at radius 1 is 1.53 bits per heavy atom. The van der Waals surface area contributed by atoms with Gasteiger partial charge in [0.2, 0.25) is 0 Å². The molecule has 4 heteroatoms. The van der Waals surface area contributed by atoms with Crippen LogP contribution in [0.25, 0.3) is 0 Å². The fraction of sp³-hybridized carbons (Fsp3) is 0.636. The van der Waals surface area contributed by atoms with Gasteiger partial charge >= 0.3 is 0 Å². The van der Waals surface area contributed by atoms with Gasteiger partial charge in [0.15, 0.2) is 0 Å². The van der Waals surface area contributed by atoms with Crippen molar-refractivity contribution < 1.29 is 4.74 Å². The van der Waals surface area contributed by atoms with E-state index in [1.165, 1.54) is 5.69 Å². The highest BCUT2D eigenvalue weighted by molar-refractivity contribution is 5.03. The minimum atomic E-state index is 0.474. The Hall–Kier alpha value is -0.840. The normalized spacial score (nSPS) is 21.7. The molecular weight excluding hydrogens is 190 g/mol.